The molecular weight excluding hydrogens is 382 g/mol. The maximum absolute atomic E-state index is 12.3. The number of thioether (sulfide) groups is 1. The summed E-state index contributed by atoms with van der Waals surface area (Å²) in [7, 11) is 0. The van der Waals surface area contributed by atoms with Gasteiger partial charge in [0.15, 0.2) is 10.6 Å². The van der Waals surface area contributed by atoms with E-state index in [2.05, 4.69) is 14.5 Å². The van der Waals surface area contributed by atoms with Crippen LogP contribution in [0.1, 0.15) is 25.8 Å². The van der Waals surface area contributed by atoms with Gasteiger partial charge < -0.3 is 4.74 Å². The number of ether oxygens (including phenoxy) is 1. The van der Waals surface area contributed by atoms with Crippen molar-refractivity contribution in [2.75, 3.05) is 24.7 Å². The second kappa shape index (κ2) is 8.12. The molecule has 0 bridgehead atoms. The molecule has 3 heterocycles. The van der Waals surface area contributed by atoms with Gasteiger partial charge in [0.1, 0.15) is 6.04 Å². The average molecular weight is 406 g/mol. The smallest absolute Gasteiger partial charge is 0.324 e. The summed E-state index contributed by atoms with van der Waals surface area (Å²) in [6, 6.07) is 4.08. The van der Waals surface area contributed by atoms with Gasteiger partial charge in [0.2, 0.25) is 0 Å². The third-order valence-electron chi connectivity index (χ3n) is 4.82. The molecule has 2 aromatic rings. The quantitative estimate of drug-likeness (QED) is 0.541. The molecule has 2 aliphatic rings. The summed E-state index contributed by atoms with van der Waals surface area (Å²) in [6.45, 7) is 3.55. The van der Waals surface area contributed by atoms with Crippen LogP contribution in [-0.4, -0.2) is 60.9 Å². The minimum atomic E-state index is -0.251. The van der Waals surface area contributed by atoms with E-state index in [1.54, 1.807) is 18.0 Å². The fraction of sp³-hybridized carbons (Fsp3) is 0.556. The third-order valence-corrected chi connectivity index (χ3v) is 6.25. The first kappa shape index (κ1) is 18.6. The van der Waals surface area contributed by atoms with Crippen LogP contribution in [-0.2, 0) is 16.2 Å². The normalized spacial score (nSPS) is 20.6. The van der Waals surface area contributed by atoms with Crippen LogP contribution < -0.4 is 0 Å². The van der Waals surface area contributed by atoms with Gasteiger partial charge in [-0.25, -0.2) is 4.68 Å². The molecule has 27 heavy (non-hydrogen) atoms. The van der Waals surface area contributed by atoms with Crippen molar-refractivity contribution in [3.63, 3.8) is 0 Å². The molecule has 1 atom stereocenters. The van der Waals surface area contributed by atoms with Crippen LogP contribution in [0.3, 0.4) is 0 Å². The van der Waals surface area contributed by atoms with Crippen LogP contribution in [0.2, 0.25) is 0 Å². The molecule has 0 aromatic carbocycles. The summed E-state index contributed by atoms with van der Waals surface area (Å²) in [4.78, 5) is 18.7. The van der Waals surface area contributed by atoms with Gasteiger partial charge in [-0.2, -0.15) is 16.9 Å². The maximum Gasteiger partial charge on any atom is 0.324 e. The summed E-state index contributed by atoms with van der Waals surface area (Å²) in [5.41, 5.74) is 0.963. The number of rotatable bonds is 6. The second-order valence-electron chi connectivity index (χ2n) is 6.75. The molecule has 0 unspecified atom stereocenters. The number of hydrogen-bond acceptors (Lipinski definition) is 7. The predicted molar refractivity (Wildman–Crippen MR) is 107 cm³/mol. The van der Waals surface area contributed by atoms with Crippen molar-refractivity contribution in [2.45, 2.75) is 38.5 Å². The van der Waals surface area contributed by atoms with Gasteiger partial charge in [-0.1, -0.05) is 0 Å². The van der Waals surface area contributed by atoms with Gasteiger partial charge in [0.25, 0.3) is 0 Å². The number of nitrogens with zero attached hydrogens (tertiary/aromatic N) is 5. The predicted octanol–water partition coefficient (Wildman–Crippen LogP) is 2.75. The van der Waals surface area contributed by atoms with Crippen LogP contribution in [0, 0.1) is 4.77 Å². The minimum Gasteiger partial charge on any atom is -0.465 e. The summed E-state index contributed by atoms with van der Waals surface area (Å²) < 4.78 is 9.96. The Labute approximate surface area is 167 Å². The SMILES string of the molecule is CCOC(=O)[C@H]1CSCCN1Cn1nc(-c2cccnc2)n(C2CC2)c1=S. The molecule has 7 nitrogen and oxygen atoms in total. The molecule has 1 aliphatic heterocycles. The highest BCUT2D eigenvalue weighted by molar-refractivity contribution is 7.99. The monoisotopic (exact) mass is 405 g/mol. The Morgan fingerprint density at radius 1 is 1.44 bits per heavy atom. The standard InChI is InChI=1S/C18H23N5O2S2/c1-2-25-17(24)15-11-27-9-8-21(15)12-22-18(26)23(14-5-6-14)16(20-22)13-4-3-7-19-10-13/h3-4,7,10,14-15H,2,5-6,8-9,11-12H2,1H3/t15-/m1/s1. The first-order valence-corrected chi connectivity index (χ1v) is 10.8. The second-order valence-corrected chi connectivity index (χ2v) is 8.26. The Morgan fingerprint density at radius 2 is 2.30 bits per heavy atom. The van der Waals surface area contributed by atoms with E-state index >= 15 is 0 Å². The van der Waals surface area contributed by atoms with E-state index in [9.17, 15) is 4.79 Å². The fourth-order valence-corrected chi connectivity index (χ4v) is 4.74. The van der Waals surface area contributed by atoms with E-state index in [1.165, 1.54) is 0 Å². The number of pyridine rings is 1. The summed E-state index contributed by atoms with van der Waals surface area (Å²) in [5, 5.41) is 4.81. The van der Waals surface area contributed by atoms with Crippen LogP contribution in [0.4, 0.5) is 0 Å². The lowest BCUT2D eigenvalue weighted by molar-refractivity contribution is -0.149. The summed E-state index contributed by atoms with van der Waals surface area (Å²) >= 11 is 7.53. The molecule has 0 amide bonds. The van der Waals surface area contributed by atoms with Gasteiger partial charge in [-0.15, -0.1) is 0 Å². The molecule has 2 fully saturated rings. The van der Waals surface area contributed by atoms with Crippen molar-refractivity contribution in [2.24, 2.45) is 0 Å². The van der Waals surface area contributed by atoms with E-state index < -0.39 is 0 Å². The van der Waals surface area contributed by atoms with Crippen LogP contribution in [0.25, 0.3) is 11.4 Å². The Hall–Kier alpha value is -1.71. The van der Waals surface area contributed by atoms with Crippen LogP contribution in [0.15, 0.2) is 24.5 Å². The number of carbonyl (C=O) groups is 1. The zero-order valence-corrected chi connectivity index (χ0v) is 16.9. The highest BCUT2D eigenvalue weighted by atomic mass is 32.2. The lowest BCUT2D eigenvalue weighted by atomic mass is 10.3. The van der Waals surface area contributed by atoms with Crippen molar-refractivity contribution in [1.29, 1.82) is 0 Å². The van der Waals surface area contributed by atoms with E-state index in [-0.39, 0.29) is 12.0 Å². The van der Waals surface area contributed by atoms with Crippen molar-refractivity contribution in [3.8, 4) is 11.4 Å². The molecule has 0 radical (unpaired) electrons. The molecule has 0 N–H and O–H groups in total. The molecule has 1 aliphatic carbocycles. The van der Waals surface area contributed by atoms with Gasteiger partial charge in [0, 0.05) is 42.0 Å². The lowest BCUT2D eigenvalue weighted by Crippen LogP contribution is -2.48. The van der Waals surface area contributed by atoms with E-state index in [0.29, 0.717) is 24.1 Å². The number of carbonyl (C=O) groups excluding carboxylic acids is 1. The van der Waals surface area contributed by atoms with Gasteiger partial charge in [-0.3, -0.25) is 19.2 Å². The Bertz CT molecular complexity index is 862. The first-order chi connectivity index (χ1) is 13.2. The average Bonchev–Trinajstić information content (AvgIpc) is 3.48. The first-order valence-electron chi connectivity index (χ1n) is 9.27. The number of esters is 1. The number of aromatic nitrogens is 4. The largest absolute Gasteiger partial charge is 0.465 e. The Balaban J connectivity index is 1.64. The fourth-order valence-electron chi connectivity index (χ4n) is 3.30. The molecule has 0 spiro atoms. The number of hydrogen-bond donors (Lipinski definition) is 0. The highest BCUT2D eigenvalue weighted by Gasteiger charge is 2.33. The van der Waals surface area contributed by atoms with Gasteiger partial charge >= 0.3 is 5.97 Å². The Kier molecular flexibility index (Phi) is 5.60. The minimum absolute atomic E-state index is 0.162. The van der Waals surface area contributed by atoms with Gasteiger partial charge in [-0.05, 0) is 44.1 Å². The highest BCUT2D eigenvalue weighted by Crippen LogP contribution is 2.38. The van der Waals surface area contributed by atoms with Crippen molar-refractivity contribution in [1.82, 2.24) is 24.2 Å². The molecule has 9 heteroatoms. The zero-order valence-electron chi connectivity index (χ0n) is 15.3. The summed E-state index contributed by atoms with van der Waals surface area (Å²) in [6.07, 6.45) is 5.82. The molecule has 144 valence electrons. The van der Waals surface area contributed by atoms with Crippen molar-refractivity contribution >= 4 is 29.9 Å². The zero-order chi connectivity index (χ0) is 18.8. The van der Waals surface area contributed by atoms with Crippen LogP contribution >= 0.6 is 24.0 Å². The van der Waals surface area contributed by atoms with Gasteiger partial charge in [0.05, 0.1) is 13.3 Å². The molecule has 1 saturated heterocycles. The molecule has 4 rings (SSSR count). The Morgan fingerprint density at radius 3 is 3.00 bits per heavy atom. The van der Waals surface area contributed by atoms with E-state index in [1.807, 2.05) is 29.9 Å². The molecule has 2 aromatic heterocycles. The summed E-state index contributed by atoms with van der Waals surface area (Å²) in [5.74, 6) is 2.42. The van der Waals surface area contributed by atoms with Crippen molar-refractivity contribution < 1.29 is 9.53 Å². The molecular formula is C18H23N5O2S2. The van der Waals surface area contributed by atoms with E-state index in [0.717, 1.165) is 42.3 Å². The van der Waals surface area contributed by atoms with Crippen molar-refractivity contribution in [3.05, 3.63) is 29.3 Å². The molecule has 1 saturated carbocycles. The lowest BCUT2D eigenvalue weighted by Gasteiger charge is -2.33. The topological polar surface area (TPSA) is 65.2 Å². The van der Waals surface area contributed by atoms with E-state index in [4.69, 9.17) is 22.1 Å². The third kappa shape index (κ3) is 3.95. The maximum atomic E-state index is 12.3. The van der Waals surface area contributed by atoms with Crippen LogP contribution in [0.5, 0.6) is 0 Å².